The van der Waals surface area contributed by atoms with E-state index < -0.39 is 0 Å². The quantitative estimate of drug-likeness (QED) is 0.571. The summed E-state index contributed by atoms with van der Waals surface area (Å²) in [5.41, 5.74) is 1.10. The highest BCUT2D eigenvalue weighted by atomic mass is 35.5. The first-order valence-corrected chi connectivity index (χ1v) is 8.04. The smallest absolute Gasteiger partial charge is 0.307 e. The van der Waals surface area contributed by atoms with Crippen molar-refractivity contribution < 1.29 is 19.1 Å². The molecule has 0 aliphatic heterocycles. The highest BCUT2D eigenvalue weighted by Gasteiger charge is 2.20. The lowest BCUT2D eigenvalue weighted by Gasteiger charge is -2.08. The summed E-state index contributed by atoms with van der Waals surface area (Å²) in [4.78, 5) is 34.6. The van der Waals surface area contributed by atoms with Crippen LogP contribution in [0.2, 0.25) is 0 Å². The van der Waals surface area contributed by atoms with E-state index in [4.69, 9.17) is 0 Å². The minimum absolute atomic E-state index is 0. The standard InChI is InChI=1S/C17H23N3O4.ClH/c1-24-16(22)8-9-19-17(23)13-4-6-14(7-5-13)20-15(21)11-18-10-12-2-3-12;/h4-7,12,18H,2-3,8-11H2,1H3,(H,19,23)(H,20,21);1H. The van der Waals surface area contributed by atoms with E-state index in [1.54, 1.807) is 24.3 Å². The Morgan fingerprint density at radius 2 is 1.84 bits per heavy atom. The molecule has 3 N–H and O–H groups in total. The van der Waals surface area contributed by atoms with Crippen molar-refractivity contribution in [3.8, 4) is 0 Å². The van der Waals surface area contributed by atoms with E-state index in [9.17, 15) is 14.4 Å². The molecule has 2 amide bonds. The topological polar surface area (TPSA) is 96.5 Å². The number of carbonyl (C=O) groups is 3. The number of benzene rings is 1. The normalized spacial score (nSPS) is 12.7. The molecule has 1 saturated carbocycles. The zero-order chi connectivity index (χ0) is 17.4. The Balaban J connectivity index is 0.00000312. The van der Waals surface area contributed by atoms with Gasteiger partial charge in [0, 0.05) is 17.8 Å². The summed E-state index contributed by atoms with van der Waals surface area (Å²) >= 11 is 0. The van der Waals surface area contributed by atoms with Crippen molar-refractivity contribution in [1.29, 1.82) is 0 Å². The molecule has 0 radical (unpaired) electrons. The van der Waals surface area contributed by atoms with E-state index in [1.165, 1.54) is 20.0 Å². The third-order valence-corrected chi connectivity index (χ3v) is 3.69. The molecule has 8 heteroatoms. The van der Waals surface area contributed by atoms with Gasteiger partial charge in [0.15, 0.2) is 0 Å². The molecule has 1 fully saturated rings. The molecular formula is C17H24ClN3O4. The molecule has 1 aliphatic carbocycles. The molecule has 25 heavy (non-hydrogen) atoms. The Labute approximate surface area is 153 Å². The number of esters is 1. The van der Waals surface area contributed by atoms with E-state index >= 15 is 0 Å². The summed E-state index contributed by atoms with van der Waals surface area (Å²) in [5, 5.41) is 8.53. The van der Waals surface area contributed by atoms with Gasteiger partial charge in [-0.25, -0.2) is 0 Å². The third-order valence-electron chi connectivity index (χ3n) is 3.69. The summed E-state index contributed by atoms with van der Waals surface area (Å²) in [6, 6.07) is 6.60. The minimum Gasteiger partial charge on any atom is -0.469 e. The summed E-state index contributed by atoms with van der Waals surface area (Å²) in [5.74, 6) is -0.0211. The highest BCUT2D eigenvalue weighted by Crippen LogP contribution is 2.27. The number of carbonyl (C=O) groups excluding carboxylic acids is 3. The Morgan fingerprint density at radius 3 is 2.44 bits per heavy atom. The monoisotopic (exact) mass is 369 g/mol. The molecule has 138 valence electrons. The summed E-state index contributed by atoms with van der Waals surface area (Å²) in [6.45, 7) is 1.39. The van der Waals surface area contributed by atoms with E-state index in [1.807, 2.05) is 0 Å². The third kappa shape index (κ3) is 8.00. The Morgan fingerprint density at radius 1 is 1.16 bits per heavy atom. The van der Waals surface area contributed by atoms with Gasteiger partial charge < -0.3 is 20.7 Å². The second-order valence-corrected chi connectivity index (χ2v) is 5.78. The second kappa shape index (κ2) is 10.7. The van der Waals surface area contributed by atoms with Gasteiger partial charge in [0.1, 0.15) is 0 Å². The van der Waals surface area contributed by atoms with Crippen LogP contribution in [0.15, 0.2) is 24.3 Å². The number of rotatable bonds is 9. The molecule has 0 heterocycles. The van der Waals surface area contributed by atoms with Crippen molar-refractivity contribution in [1.82, 2.24) is 10.6 Å². The fourth-order valence-corrected chi connectivity index (χ4v) is 2.10. The van der Waals surface area contributed by atoms with E-state index in [0.717, 1.165) is 12.5 Å². The van der Waals surface area contributed by atoms with Crippen LogP contribution in [0.4, 0.5) is 5.69 Å². The lowest BCUT2D eigenvalue weighted by atomic mass is 10.2. The SMILES string of the molecule is COC(=O)CCNC(=O)c1ccc(NC(=O)CNCC2CC2)cc1.Cl. The van der Waals surface area contributed by atoms with Crippen LogP contribution in [-0.4, -0.2) is 44.5 Å². The van der Waals surface area contributed by atoms with Gasteiger partial charge in [0.05, 0.1) is 20.1 Å². The molecule has 0 bridgehead atoms. The molecule has 0 aromatic heterocycles. The van der Waals surface area contributed by atoms with Gasteiger partial charge in [-0.05, 0) is 49.6 Å². The van der Waals surface area contributed by atoms with Crippen LogP contribution in [-0.2, 0) is 14.3 Å². The van der Waals surface area contributed by atoms with Crippen molar-refractivity contribution in [2.45, 2.75) is 19.3 Å². The van der Waals surface area contributed by atoms with E-state index in [0.29, 0.717) is 11.3 Å². The maximum absolute atomic E-state index is 11.9. The fourth-order valence-electron chi connectivity index (χ4n) is 2.10. The van der Waals surface area contributed by atoms with Crippen molar-refractivity contribution in [2.24, 2.45) is 5.92 Å². The number of amides is 2. The fraction of sp³-hybridized carbons (Fsp3) is 0.471. The first-order chi connectivity index (χ1) is 11.6. The number of halogens is 1. The van der Waals surface area contributed by atoms with Crippen LogP contribution in [0.25, 0.3) is 0 Å². The maximum atomic E-state index is 11.9. The van der Waals surface area contributed by atoms with Crippen molar-refractivity contribution in [3.63, 3.8) is 0 Å². The van der Waals surface area contributed by atoms with Gasteiger partial charge in [-0.1, -0.05) is 0 Å². The maximum Gasteiger partial charge on any atom is 0.307 e. The van der Waals surface area contributed by atoms with Crippen LogP contribution < -0.4 is 16.0 Å². The number of hydrogen-bond acceptors (Lipinski definition) is 5. The van der Waals surface area contributed by atoms with E-state index in [2.05, 4.69) is 20.7 Å². The average molecular weight is 370 g/mol. The van der Waals surface area contributed by atoms with Gasteiger partial charge in [0.2, 0.25) is 5.91 Å². The molecule has 1 aromatic rings. The molecular weight excluding hydrogens is 346 g/mol. The summed E-state index contributed by atoms with van der Waals surface area (Å²) < 4.78 is 4.50. The number of anilines is 1. The van der Waals surface area contributed by atoms with Crippen LogP contribution in [0.1, 0.15) is 29.6 Å². The van der Waals surface area contributed by atoms with Gasteiger partial charge in [-0.2, -0.15) is 0 Å². The Kier molecular flexibility index (Phi) is 8.94. The van der Waals surface area contributed by atoms with Crippen LogP contribution in [0.3, 0.4) is 0 Å². The second-order valence-electron chi connectivity index (χ2n) is 5.78. The molecule has 1 aliphatic rings. The molecule has 0 unspecified atom stereocenters. The van der Waals surface area contributed by atoms with E-state index in [-0.39, 0.29) is 49.7 Å². The first kappa shape index (κ1) is 20.9. The summed E-state index contributed by atoms with van der Waals surface area (Å²) in [6.07, 6.45) is 2.62. The molecule has 0 atom stereocenters. The lowest BCUT2D eigenvalue weighted by molar-refractivity contribution is -0.140. The zero-order valence-corrected chi connectivity index (χ0v) is 15.0. The molecule has 7 nitrogen and oxygen atoms in total. The predicted molar refractivity (Wildman–Crippen MR) is 96.9 cm³/mol. The van der Waals surface area contributed by atoms with Crippen molar-refractivity contribution in [2.75, 3.05) is 32.1 Å². The zero-order valence-electron chi connectivity index (χ0n) is 14.2. The van der Waals surface area contributed by atoms with Crippen molar-refractivity contribution in [3.05, 3.63) is 29.8 Å². The van der Waals surface area contributed by atoms with Crippen LogP contribution in [0.5, 0.6) is 0 Å². The van der Waals surface area contributed by atoms with Crippen LogP contribution in [0, 0.1) is 5.92 Å². The first-order valence-electron chi connectivity index (χ1n) is 8.04. The van der Waals surface area contributed by atoms with Gasteiger partial charge in [-0.15, -0.1) is 12.4 Å². The Bertz CT molecular complexity index is 588. The number of methoxy groups -OCH3 is 1. The van der Waals surface area contributed by atoms with Crippen LogP contribution >= 0.6 is 12.4 Å². The predicted octanol–water partition coefficient (Wildman–Crippen LogP) is 1.34. The number of hydrogen-bond donors (Lipinski definition) is 3. The highest BCUT2D eigenvalue weighted by molar-refractivity contribution is 5.96. The Hall–Kier alpha value is -2.12. The van der Waals surface area contributed by atoms with Gasteiger partial charge in [0.25, 0.3) is 5.91 Å². The number of ether oxygens (including phenoxy) is 1. The minimum atomic E-state index is -0.372. The number of nitrogens with one attached hydrogen (secondary N) is 3. The largest absolute Gasteiger partial charge is 0.469 e. The van der Waals surface area contributed by atoms with Gasteiger partial charge in [-0.3, -0.25) is 14.4 Å². The molecule has 1 aromatic carbocycles. The molecule has 0 spiro atoms. The lowest BCUT2D eigenvalue weighted by Crippen LogP contribution is -2.29. The summed E-state index contributed by atoms with van der Waals surface area (Å²) in [7, 11) is 1.30. The van der Waals surface area contributed by atoms with Gasteiger partial charge >= 0.3 is 5.97 Å². The average Bonchev–Trinajstić information content (AvgIpc) is 3.39. The molecule has 2 rings (SSSR count). The van der Waals surface area contributed by atoms with Crippen molar-refractivity contribution >= 4 is 35.9 Å². The molecule has 0 saturated heterocycles.